The summed E-state index contributed by atoms with van der Waals surface area (Å²) >= 11 is 1.15. The van der Waals surface area contributed by atoms with E-state index < -0.39 is 5.91 Å². The maximum absolute atomic E-state index is 11.2. The second-order valence-electron chi connectivity index (χ2n) is 4.29. The van der Waals surface area contributed by atoms with Crippen molar-refractivity contribution in [2.75, 3.05) is 11.1 Å². The first kappa shape index (κ1) is 12.1. The summed E-state index contributed by atoms with van der Waals surface area (Å²) in [4.78, 5) is 11.2. The quantitative estimate of drug-likeness (QED) is 0.630. The molecule has 0 atom stereocenters. The van der Waals surface area contributed by atoms with Crippen LogP contribution in [0, 0.1) is 0 Å². The molecule has 0 aromatic carbocycles. The average Bonchev–Trinajstić information content (AvgIpc) is 2.63. The second kappa shape index (κ2) is 4.89. The highest BCUT2D eigenvalue weighted by Crippen LogP contribution is 2.29. The molecule has 0 aliphatic heterocycles. The number of hydrogen-bond acceptors (Lipinski definition) is 6. The number of rotatable bonds is 3. The van der Waals surface area contributed by atoms with E-state index in [0.29, 0.717) is 5.00 Å². The molecule has 17 heavy (non-hydrogen) atoms. The Hall–Kier alpha value is -1.34. The van der Waals surface area contributed by atoms with Gasteiger partial charge >= 0.3 is 0 Å². The van der Waals surface area contributed by atoms with Crippen molar-refractivity contribution in [1.82, 2.24) is 4.37 Å². The van der Waals surface area contributed by atoms with Crippen LogP contribution in [0.1, 0.15) is 36.0 Å². The Morgan fingerprint density at radius 2 is 2.06 bits per heavy atom. The lowest BCUT2D eigenvalue weighted by atomic mass is 9.93. The van der Waals surface area contributed by atoms with Gasteiger partial charge < -0.3 is 21.9 Å². The summed E-state index contributed by atoms with van der Waals surface area (Å²) in [6, 6.07) is 0.247. The van der Waals surface area contributed by atoms with Crippen molar-refractivity contribution >= 4 is 28.3 Å². The zero-order chi connectivity index (χ0) is 12.4. The molecule has 7 heteroatoms. The van der Waals surface area contributed by atoms with Crippen LogP contribution in [0.3, 0.4) is 0 Å². The number of anilines is 2. The third-order valence-electron chi connectivity index (χ3n) is 3.00. The highest BCUT2D eigenvalue weighted by molar-refractivity contribution is 7.11. The molecule has 0 unspecified atom stereocenters. The molecule has 1 heterocycles. The molecule has 6 N–H and O–H groups in total. The molecular formula is C10H16N4O2S. The summed E-state index contributed by atoms with van der Waals surface area (Å²) in [6.07, 6.45) is 3.10. The maximum atomic E-state index is 11.2. The molecule has 1 fully saturated rings. The fourth-order valence-corrected chi connectivity index (χ4v) is 2.84. The molecule has 1 aliphatic carbocycles. The highest BCUT2D eigenvalue weighted by Gasteiger charge is 2.23. The van der Waals surface area contributed by atoms with Crippen molar-refractivity contribution in [3.05, 3.63) is 5.56 Å². The SMILES string of the molecule is NC(=O)c1c(N)nsc1NC1CCC(O)CC1. The van der Waals surface area contributed by atoms with Gasteiger partial charge in [-0.2, -0.15) is 4.37 Å². The Morgan fingerprint density at radius 1 is 1.41 bits per heavy atom. The van der Waals surface area contributed by atoms with Crippen molar-refractivity contribution in [2.45, 2.75) is 37.8 Å². The van der Waals surface area contributed by atoms with E-state index in [-0.39, 0.29) is 23.5 Å². The van der Waals surface area contributed by atoms with E-state index in [1.165, 1.54) is 0 Å². The molecule has 94 valence electrons. The molecule has 0 radical (unpaired) electrons. The van der Waals surface area contributed by atoms with Gasteiger partial charge in [-0.3, -0.25) is 4.79 Å². The third kappa shape index (κ3) is 2.67. The van der Waals surface area contributed by atoms with Crippen LogP contribution >= 0.6 is 11.5 Å². The molecule has 6 nitrogen and oxygen atoms in total. The van der Waals surface area contributed by atoms with E-state index in [1.807, 2.05) is 0 Å². The number of aliphatic hydroxyl groups is 1. The third-order valence-corrected chi connectivity index (χ3v) is 3.79. The van der Waals surface area contributed by atoms with Gasteiger partial charge in [0.25, 0.3) is 5.91 Å². The second-order valence-corrected chi connectivity index (χ2v) is 5.06. The maximum Gasteiger partial charge on any atom is 0.255 e. The fraction of sp³-hybridized carbons (Fsp3) is 0.600. The standard InChI is InChI=1S/C10H16N4O2S/c11-8-7(9(12)16)10(17-14-8)13-5-1-3-6(15)4-2-5/h5-6,13,15H,1-4H2,(H2,11,14)(H2,12,16). The van der Waals surface area contributed by atoms with Crippen molar-refractivity contribution in [3.8, 4) is 0 Å². The van der Waals surface area contributed by atoms with Gasteiger partial charge in [-0.25, -0.2) is 0 Å². The Bertz CT molecular complexity index is 412. The first-order valence-electron chi connectivity index (χ1n) is 5.57. The molecule has 1 aromatic heterocycles. The molecule has 1 aromatic rings. The number of primary amides is 1. The lowest BCUT2D eigenvalue weighted by Gasteiger charge is -2.26. The minimum Gasteiger partial charge on any atom is -0.393 e. The monoisotopic (exact) mass is 256 g/mol. The number of nitrogens with one attached hydrogen (secondary N) is 1. The van der Waals surface area contributed by atoms with Crippen LogP contribution in [-0.4, -0.2) is 27.5 Å². The number of amides is 1. The van der Waals surface area contributed by atoms with Crippen LogP contribution in [0.2, 0.25) is 0 Å². The van der Waals surface area contributed by atoms with Gasteiger partial charge in [0.2, 0.25) is 0 Å². The predicted octanol–water partition coefficient (Wildman–Crippen LogP) is 0.540. The van der Waals surface area contributed by atoms with E-state index in [4.69, 9.17) is 11.5 Å². The number of nitrogens with zero attached hydrogens (tertiary/aromatic N) is 1. The van der Waals surface area contributed by atoms with E-state index in [2.05, 4.69) is 9.69 Å². The van der Waals surface area contributed by atoms with Gasteiger partial charge in [0, 0.05) is 6.04 Å². The summed E-state index contributed by atoms with van der Waals surface area (Å²) in [5.74, 6) is -0.379. The van der Waals surface area contributed by atoms with Crippen LogP contribution < -0.4 is 16.8 Å². The summed E-state index contributed by atoms with van der Waals surface area (Å²) in [7, 11) is 0. The fourth-order valence-electron chi connectivity index (χ4n) is 2.04. The normalized spacial score (nSPS) is 24.5. The molecule has 1 saturated carbocycles. The van der Waals surface area contributed by atoms with Crippen LogP contribution in [-0.2, 0) is 0 Å². The first-order valence-corrected chi connectivity index (χ1v) is 6.35. The summed E-state index contributed by atoms with van der Waals surface area (Å²) in [6.45, 7) is 0. The Kier molecular flexibility index (Phi) is 3.49. The van der Waals surface area contributed by atoms with Gasteiger partial charge in [-0.05, 0) is 37.2 Å². The zero-order valence-electron chi connectivity index (χ0n) is 9.35. The van der Waals surface area contributed by atoms with Gasteiger partial charge in [0.15, 0.2) is 5.82 Å². The van der Waals surface area contributed by atoms with Gasteiger partial charge in [-0.1, -0.05) is 0 Å². The largest absolute Gasteiger partial charge is 0.393 e. The van der Waals surface area contributed by atoms with E-state index in [1.54, 1.807) is 0 Å². The van der Waals surface area contributed by atoms with Crippen LogP contribution in [0.15, 0.2) is 0 Å². The Labute approximate surface area is 103 Å². The highest BCUT2D eigenvalue weighted by atomic mass is 32.1. The van der Waals surface area contributed by atoms with Crippen molar-refractivity contribution in [1.29, 1.82) is 0 Å². The smallest absolute Gasteiger partial charge is 0.255 e. The van der Waals surface area contributed by atoms with E-state index in [9.17, 15) is 9.90 Å². The molecule has 1 amide bonds. The van der Waals surface area contributed by atoms with E-state index >= 15 is 0 Å². The molecule has 2 rings (SSSR count). The van der Waals surface area contributed by atoms with Crippen molar-refractivity contribution in [2.24, 2.45) is 5.73 Å². The minimum absolute atomic E-state index is 0.181. The van der Waals surface area contributed by atoms with Crippen LogP contribution in [0.5, 0.6) is 0 Å². The minimum atomic E-state index is -0.561. The number of nitrogen functional groups attached to an aromatic ring is 1. The van der Waals surface area contributed by atoms with Gasteiger partial charge in [-0.15, -0.1) is 0 Å². The van der Waals surface area contributed by atoms with Crippen LogP contribution in [0.4, 0.5) is 10.8 Å². The number of nitrogens with two attached hydrogens (primary N) is 2. The van der Waals surface area contributed by atoms with Crippen molar-refractivity contribution in [3.63, 3.8) is 0 Å². The number of carbonyl (C=O) groups excluding carboxylic acids is 1. The lowest BCUT2D eigenvalue weighted by molar-refractivity contribution is 0.100. The number of carbonyl (C=O) groups is 1. The molecule has 0 spiro atoms. The topological polar surface area (TPSA) is 114 Å². The molecule has 0 saturated heterocycles. The lowest BCUT2D eigenvalue weighted by Crippen LogP contribution is -2.28. The van der Waals surface area contributed by atoms with Crippen molar-refractivity contribution < 1.29 is 9.90 Å². The Balaban J connectivity index is 2.06. The Morgan fingerprint density at radius 3 is 2.65 bits per heavy atom. The molecule has 0 bridgehead atoms. The molecule has 1 aliphatic rings. The van der Waals surface area contributed by atoms with Gasteiger partial charge in [0.05, 0.1) is 6.10 Å². The van der Waals surface area contributed by atoms with E-state index in [0.717, 1.165) is 37.2 Å². The average molecular weight is 256 g/mol. The molecular weight excluding hydrogens is 240 g/mol. The number of aliphatic hydroxyl groups excluding tert-OH is 1. The zero-order valence-corrected chi connectivity index (χ0v) is 10.2. The number of hydrogen-bond donors (Lipinski definition) is 4. The summed E-state index contributed by atoms with van der Waals surface area (Å²) in [5.41, 5.74) is 11.1. The van der Waals surface area contributed by atoms with Crippen LogP contribution in [0.25, 0.3) is 0 Å². The van der Waals surface area contributed by atoms with Gasteiger partial charge in [0.1, 0.15) is 10.6 Å². The summed E-state index contributed by atoms with van der Waals surface area (Å²) in [5, 5.41) is 13.3. The number of aromatic nitrogens is 1. The summed E-state index contributed by atoms with van der Waals surface area (Å²) < 4.78 is 3.92. The predicted molar refractivity (Wildman–Crippen MR) is 66.9 cm³/mol. The first-order chi connectivity index (χ1) is 8.08.